The van der Waals surface area contributed by atoms with Crippen LogP contribution in [0.1, 0.15) is 41.9 Å². The Labute approximate surface area is 163 Å². The van der Waals surface area contributed by atoms with Gasteiger partial charge in [0, 0.05) is 23.2 Å². The Morgan fingerprint density at radius 1 is 1.00 bits per heavy atom. The Balaban J connectivity index is 2.04. The van der Waals surface area contributed by atoms with Crippen molar-refractivity contribution in [3.05, 3.63) is 71.4 Å². The van der Waals surface area contributed by atoms with E-state index in [1.54, 1.807) is 0 Å². The first-order chi connectivity index (χ1) is 13.5. The number of imidazole rings is 1. The molecule has 0 atom stereocenters. The number of carbonyl (C=O) groups is 1. The highest BCUT2D eigenvalue weighted by molar-refractivity contribution is 6.07. The molecule has 0 aliphatic heterocycles. The number of rotatable bonds is 1. The van der Waals surface area contributed by atoms with Gasteiger partial charge in [0.1, 0.15) is 11.6 Å². The van der Waals surface area contributed by atoms with Crippen LogP contribution in [-0.2, 0) is 6.42 Å². The lowest BCUT2D eigenvalue weighted by molar-refractivity contribution is 0.0910. The van der Waals surface area contributed by atoms with Crippen LogP contribution < -0.4 is 0 Å². The summed E-state index contributed by atoms with van der Waals surface area (Å²) >= 11 is 0. The molecule has 0 fully saturated rings. The van der Waals surface area contributed by atoms with Gasteiger partial charge in [0.05, 0.1) is 11.0 Å². The molecule has 2 aromatic carbocycles. The number of nitriles is 1. The average Bonchev–Trinajstić information content (AvgIpc) is 3.06. The first kappa shape index (κ1) is 16.7. The van der Waals surface area contributed by atoms with Crippen molar-refractivity contribution in [2.24, 2.45) is 5.41 Å². The third-order valence-corrected chi connectivity index (χ3v) is 5.58. The van der Waals surface area contributed by atoms with Crippen LogP contribution in [0.2, 0.25) is 0 Å². The van der Waals surface area contributed by atoms with Crippen LogP contribution in [0.4, 0.5) is 0 Å². The van der Waals surface area contributed by atoms with Crippen molar-refractivity contribution >= 4 is 22.5 Å². The molecule has 136 valence electrons. The SMILES string of the molecule is CC1(C)CC(=O)c2c(-c3ccccc3)c(C#N)c3nc4ccccc4n3c2C1. The summed E-state index contributed by atoms with van der Waals surface area (Å²) in [4.78, 5) is 18.1. The second-order valence-electron chi connectivity index (χ2n) is 8.25. The molecular weight excluding hydrogens is 346 g/mol. The first-order valence-corrected chi connectivity index (χ1v) is 9.45. The Bertz CT molecular complexity index is 1310. The van der Waals surface area contributed by atoms with Gasteiger partial charge in [0.15, 0.2) is 11.4 Å². The Morgan fingerprint density at radius 3 is 2.46 bits per heavy atom. The predicted octanol–water partition coefficient (Wildman–Crippen LogP) is 5.18. The van der Waals surface area contributed by atoms with E-state index >= 15 is 0 Å². The number of aromatic nitrogens is 2. The van der Waals surface area contributed by atoms with Gasteiger partial charge in [0.25, 0.3) is 0 Å². The molecule has 1 aliphatic carbocycles. The summed E-state index contributed by atoms with van der Waals surface area (Å²) in [5, 5.41) is 10.1. The lowest BCUT2D eigenvalue weighted by atomic mass is 9.73. The molecule has 0 N–H and O–H groups in total. The van der Waals surface area contributed by atoms with Crippen LogP contribution in [0, 0.1) is 16.7 Å². The number of nitrogens with zero attached hydrogens (tertiary/aromatic N) is 3. The maximum Gasteiger partial charge on any atom is 0.165 e. The van der Waals surface area contributed by atoms with Crippen molar-refractivity contribution in [2.45, 2.75) is 26.7 Å². The normalized spacial score (nSPS) is 15.5. The molecule has 0 radical (unpaired) electrons. The summed E-state index contributed by atoms with van der Waals surface area (Å²) in [6.07, 6.45) is 1.24. The topological polar surface area (TPSA) is 58.2 Å². The minimum atomic E-state index is -0.134. The summed E-state index contributed by atoms with van der Waals surface area (Å²) in [6, 6.07) is 20.0. The van der Waals surface area contributed by atoms with Gasteiger partial charge in [-0.2, -0.15) is 5.26 Å². The zero-order valence-electron chi connectivity index (χ0n) is 15.9. The monoisotopic (exact) mass is 365 g/mol. The van der Waals surface area contributed by atoms with E-state index in [0.29, 0.717) is 23.2 Å². The van der Waals surface area contributed by atoms with Gasteiger partial charge in [-0.05, 0) is 29.5 Å². The first-order valence-electron chi connectivity index (χ1n) is 9.45. The van der Waals surface area contributed by atoms with E-state index in [1.165, 1.54) is 0 Å². The largest absolute Gasteiger partial charge is 0.295 e. The number of carbonyl (C=O) groups excluding carboxylic acids is 1. The fraction of sp³-hybridized carbons (Fsp3) is 0.208. The van der Waals surface area contributed by atoms with Gasteiger partial charge in [0.2, 0.25) is 0 Å². The third-order valence-electron chi connectivity index (χ3n) is 5.58. The molecule has 0 bridgehead atoms. The van der Waals surface area contributed by atoms with Crippen LogP contribution in [-0.4, -0.2) is 15.2 Å². The average molecular weight is 365 g/mol. The fourth-order valence-corrected chi connectivity index (χ4v) is 4.47. The van der Waals surface area contributed by atoms with Gasteiger partial charge in [-0.15, -0.1) is 0 Å². The van der Waals surface area contributed by atoms with E-state index < -0.39 is 0 Å². The van der Waals surface area contributed by atoms with Gasteiger partial charge in [-0.3, -0.25) is 9.20 Å². The van der Waals surface area contributed by atoms with E-state index in [0.717, 1.165) is 34.3 Å². The zero-order chi connectivity index (χ0) is 19.5. The lowest BCUT2D eigenvalue weighted by Gasteiger charge is -2.32. The summed E-state index contributed by atoms with van der Waals surface area (Å²) < 4.78 is 2.04. The summed E-state index contributed by atoms with van der Waals surface area (Å²) in [5.41, 5.74) is 5.99. The maximum absolute atomic E-state index is 13.3. The molecule has 4 aromatic rings. The number of hydrogen-bond acceptors (Lipinski definition) is 3. The van der Waals surface area contributed by atoms with Gasteiger partial charge in [-0.25, -0.2) is 4.98 Å². The molecule has 0 amide bonds. The van der Waals surface area contributed by atoms with Crippen molar-refractivity contribution < 1.29 is 4.79 Å². The fourth-order valence-electron chi connectivity index (χ4n) is 4.47. The van der Waals surface area contributed by atoms with Crippen molar-refractivity contribution in [2.75, 3.05) is 0 Å². The number of hydrogen-bond donors (Lipinski definition) is 0. The third kappa shape index (κ3) is 2.30. The van der Waals surface area contributed by atoms with Crippen LogP contribution >= 0.6 is 0 Å². The Hall–Kier alpha value is -3.45. The van der Waals surface area contributed by atoms with Crippen molar-refractivity contribution in [3.63, 3.8) is 0 Å². The number of benzene rings is 2. The van der Waals surface area contributed by atoms with Crippen molar-refractivity contribution in [3.8, 4) is 17.2 Å². The highest BCUT2D eigenvalue weighted by Crippen LogP contribution is 2.42. The molecule has 4 nitrogen and oxygen atoms in total. The van der Waals surface area contributed by atoms with Gasteiger partial charge < -0.3 is 0 Å². The quantitative estimate of drug-likeness (QED) is 0.467. The molecule has 4 heteroatoms. The number of para-hydroxylation sites is 2. The van der Waals surface area contributed by atoms with Crippen LogP contribution in [0.25, 0.3) is 27.8 Å². The van der Waals surface area contributed by atoms with Crippen LogP contribution in [0.15, 0.2) is 54.6 Å². The van der Waals surface area contributed by atoms with E-state index in [4.69, 9.17) is 4.98 Å². The summed E-state index contributed by atoms with van der Waals surface area (Å²) in [7, 11) is 0. The van der Waals surface area contributed by atoms with E-state index in [1.807, 2.05) is 59.0 Å². The van der Waals surface area contributed by atoms with Crippen molar-refractivity contribution in [1.29, 1.82) is 5.26 Å². The van der Waals surface area contributed by atoms with Crippen LogP contribution in [0.3, 0.4) is 0 Å². The van der Waals surface area contributed by atoms with Gasteiger partial charge >= 0.3 is 0 Å². The molecule has 28 heavy (non-hydrogen) atoms. The number of pyridine rings is 1. The number of Topliss-reactive ketones (excluding diaryl/α,β-unsaturated/α-hetero) is 1. The van der Waals surface area contributed by atoms with Crippen molar-refractivity contribution in [1.82, 2.24) is 9.38 Å². The highest BCUT2D eigenvalue weighted by atomic mass is 16.1. The molecular formula is C24H19N3O. The summed E-state index contributed by atoms with van der Waals surface area (Å²) in [5.74, 6) is 0.0984. The minimum Gasteiger partial charge on any atom is -0.295 e. The Kier molecular flexibility index (Phi) is 3.44. The molecule has 2 aromatic heterocycles. The van der Waals surface area contributed by atoms with E-state index in [-0.39, 0.29) is 11.2 Å². The van der Waals surface area contributed by atoms with Crippen LogP contribution in [0.5, 0.6) is 0 Å². The molecule has 0 saturated carbocycles. The smallest absolute Gasteiger partial charge is 0.165 e. The second kappa shape index (κ2) is 5.77. The Morgan fingerprint density at radius 2 is 1.71 bits per heavy atom. The van der Waals surface area contributed by atoms with Gasteiger partial charge in [-0.1, -0.05) is 56.3 Å². The highest BCUT2D eigenvalue weighted by Gasteiger charge is 2.36. The number of ketones is 1. The molecule has 0 unspecified atom stereocenters. The lowest BCUT2D eigenvalue weighted by Crippen LogP contribution is -2.30. The minimum absolute atomic E-state index is 0.0984. The van der Waals surface area contributed by atoms with E-state index in [9.17, 15) is 10.1 Å². The molecule has 0 spiro atoms. The molecule has 2 heterocycles. The molecule has 0 saturated heterocycles. The van der Waals surface area contributed by atoms with E-state index in [2.05, 4.69) is 19.9 Å². The molecule has 5 rings (SSSR count). The predicted molar refractivity (Wildman–Crippen MR) is 109 cm³/mol. The second-order valence-corrected chi connectivity index (χ2v) is 8.25. The molecule has 1 aliphatic rings. The standard InChI is InChI=1S/C24H19N3O/c1-24(2)12-19-22(20(28)13-24)21(15-8-4-3-5-9-15)16(14-25)23-26-17-10-6-7-11-18(17)27(19)23/h3-11H,12-13H2,1-2H3. The maximum atomic E-state index is 13.3. The zero-order valence-corrected chi connectivity index (χ0v) is 15.9. The summed E-state index contributed by atoms with van der Waals surface area (Å²) in [6.45, 7) is 4.25. The number of fused-ring (bicyclic) bond motifs is 5.